The molecule has 0 fully saturated rings. The molecule has 0 heterocycles. The fraction of sp³-hybridized carbons (Fsp3) is 0.200. The van der Waals surface area contributed by atoms with Crippen molar-refractivity contribution in [1.29, 1.82) is 0 Å². The second-order valence-corrected chi connectivity index (χ2v) is 8.36. The van der Waals surface area contributed by atoms with Gasteiger partial charge in [-0.2, -0.15) is 0 Å². The summed E-state index contributed by atoms with van der Waals surface area (Å²) in [6.07, 6.45) is 1.85. The Bertz CT molecular complexity index is 1230. The maximum atomic E-state index is 12.9. The molecule has 36 heavy (non-hydrogen) atoms. The Morgan fingerprint density at radius 1 is 0.583 bits per heavy atom. The van der Waals surface area contributed by atoms with Crippen molar-refractivity contribution >= 4 is 34.0 Å². The van der Waals surface area contributed by atoms with Gasteiger partial charge in [0.25, 0.3) is 11.8 Å². The van der Waals surface area contributed by atoms with Gasteiger partial charge in [0.2, 0.25) is 0 Å². The van der Waals surface area contributed by atoms with E-state index < -0.39 is 0 Å². The summed E-state index contributed by atoms with van der Waals surface area (Å²) in [6.45, 7) is 5.37. The molecule has 6 heteroatoms. The molecule has 2 amide bonds. The summed E-state index contributed by atoms with van der Waals surface area (Å²) in [5, 5.41) is 7.64. The van der Waals surface area contributed by atoms with E-state index in [1.165, 1.54) is 0 Å². The number of nitrogens with one attached hydrogen (secondary N) is 2. The van der Waals surface area contributed by atoms with Gasteiger partial charge in [0, 0.05) is 33.3 Å². The normalized spacial score (nSPS) is 10.6. The van der Waals surface area contributed by atoms with E-state index in [0.29, 0.717) is 35.7 Å². The molecular formula is C30H30N2O4. The quantitative estimate of drug-likeness (QED) is 0.257. The molecule has 0 saturated heterocycles. The average molecular weight is 483 g/mol. The maximum absolute atomic E-state index is 12.9. The van der Waals surface area contributed by atoms with Gasteiger partial charge in [0.05, 0.1) is 13.2 Å². The van der Waals surface area contributed by atoms with E-state index in [-0.39, 0.29) is 11.8 Å². The molecule has 0 aromatic heterocycles. The van der Waals surface area contributed by atoms with E-state index >= 15 is 0 Å². The monoisotopic (exact) mass is 482 g/mol. The number of ether oxygens (including phenoxy) is 2. The lowest BCUT2D eigenvalue weighted by molar-refractivity contribution is 0.101. The molecule has 0 aliphatic rings. The molecule has 0 radical (unpaired) electrons. The van der Waals surface area contributed by atoms with Crippen molar-refractivity contribution in [3.05, 3.63) is 96.1 Å². The first-order valence-corrected chi connectivity index (χ1v) is 12.2. The molecular weight excluding hydrogens is 452 g/mol. The predicted molar refractivity (Wildman–Crippen MR) is 144 cm³/mol. The average Bonchev–Trinajstić information content (AvgIpc) is 2.91. The highest BCUT2D eigenvalue weighted by atomic mass is 16.5. The van der Waals surface area contributed by atoms with Crippen molar-refractivity contribution in [3.63, 3.8) is 0 Å². The van der Waals surface area contributed by atoms with Crippen LogP contribution in [-0.4, -0.2) is 25.0 Å². The lowest BCUT2D eigenvalue weighted by Crippen LogP contribution is -2.13. The molecule has 184 valence electrons. The van der Waals surface area contributed by atoms with Crippen LogP contribution in [0.15, 0.2) is 84.9 Å². The van der Waals surface area contributed by atoms with Gasteiger partial charge >= 0.3 is 0 Å². The van der Waals surface area contributed by atoms with Gasteiger partial charge in [-0.1, -0.05) is 38.1 Å². The fourth-order valence-corrected chi connectivity index (χ4v) is 3.76. The van der Waals surface area contributed by atoms with Crippen LogP contribution in [0.25, 0.3) is 10.8 Å². The number of anilines is 2. The van der Waals surface area contributed by atoms with Crippen molar-refractivity contribution < 1.29 is 19.1 Å². The molecule has 0 spiro atoms. The molecule has 0 aliphatic heterocycles. The number of hydrogen-bond donors (Lipinski definition) is 2. The highest BCUT2D eigenvalue weighted by molar-refractivity contribution is 6.14. The standard InChI is InChI=1S/C30H30N2O4/c1-3-19-35-23-15-11-21(12-16-23)29(33)31-27-9-5-8-26-25(27)7-6-10-28(26)32-30(34)22-13-17-24(18-14-22)36-20-4-2/h5-18H,3-4,19-20H2,1-2H3,(H,31,33)(H,32,34). The topological polar surface area (TPSA) is 76.7 Å². The Morgan fingerprint density at radius 3 is 1.33 bits per heavy atom. The molecule has 6 nitrogen and oxygen atoms in total. The largest absolute Gasteiger partial charge is 0.494 e. The summed E-state index contributed by atoms with van der Waals surface area (Å²) in [4.78, 5) is 25.8. The molecule has 4 aromatic carbocycles. The molecule has 0 saturated carbocycles. The van der Waals surface area contributed by atoms with E-state index in [4.69, 9.17) is 9.47 Å². The Kier molecular flexibility index (Phi) is 8.19. The highest BCUT2D eigenvalue weighted by Crippen LogP contribution is 2.30. The lowest BCUT2D eigenvalue weighted by Gasteiger charge is -2.13. The van der Waals surface area contributed by atoms with E-state index in [0.717, 1.165) is 35.1 Å². The van der Waals surface area contributed by atoms with E-state index in [2.05, 4.69) is 10.6 Å². The second-order valence-electron chi connectivity index (χ2n) is 8.36. The highest BCUT2D eigenvalue weighted by Gasteiger charge is 2.13. The van der Waals surface area contributed by atoms with E-state index in [1.54, 1.807) is 48.5 Å². The zero-order valence-corrected chi connectivity index (χ0v) is 20.5. The number of fused-ring (bicyclic) bond motifs is 1. The number of carbonyl (C=O) groups is 2. The van der Waals surface area contributed by atoms with Gasteiger partial charge in [-0.3, -0.25) is 9.59 Å². The Morgan fingerprint density at radius 2 is 0.972 bits per heavy atom. The van der Waals surface area contributed by atoms with Crippen LogP contribution in [0.4, 0.5) is 11.4 Å². The first-order valence-electron chi connectivity index (χ1n) is 12.2. The van der Waals surface area contributed by atoms with Gasteiger partial charge in [-0.15, -0.1) is 0 Å². The zero-order valence-electron chi connectivity index (χ0n) is 20.5. The molecule has 0 unspecified atom stereocenters. The lowest BCUT2D eigenvalue weighted by atomic mass is 10.1. The summed E-state index contributed by atoms with van der Waals surface area (Å²) in [7, 11) is 0. The van der Waals surface area contributed by atoms with Gasteiger partial charge in [-0.25, -0.2) is 0 Å². The molecule has 4 rings (SSSR count). The number of amides is 2. The number of hydrogen-bond acceptors (Lipinski definition) is 4. The summed E-state index contributed by atoms with van der Waals surface area (Å²) < 4.78 is 11.2. The third-order valence-corrected chi connectivity index (χ3v) is 5.60. The number of rotatable bonds is 10. The Hall–Kier alpha value is -4.32. The van der Waals surface area contributed by atoms with Crippen LogP contribution in [0.2, 0.25) is 0 Å². The van der Waals surface area contributed by atoms with Crippen molar-refractivity contribution in [1.82, 2.24) is 0 Å². The van der Waals surface area contributed by atoms with Crippen LogP contribution >= 0.6 is 0 Å². The van der Waals surface area contributed by atoms with Crippen LogP contribution < -0.4 is 20.1 Å². The smallest absolute Gasteiger partial charge is 0.255 e. The molecule has 4 aromatic rings. The van der Waals surface area contributed by atoms with Gasteiger partial charge < -0.3 is 20.1 Å². The fourth-order valence-electron chi connectivity index (χ4n) is 3.76. The third-order valence-electron chi connectivity index (χ3n) is 5.60. The van der Waals surface area contributed by atoms with Crippen LogP contribution in [-0.2, 0) is 0 Å². The van der Waals surface area contributed by atoms with Crippen molar-refractivity contribution in [2.24, 2.45) is 0 Å². The minimum absolute atomic E-state index is 0.218. The minimum atomic E-state index is -0.218. The Balaban J connectivity index is 1.50. The van der Waals surface area contributed by atoms with Crippen LogP contribution in [0.3, 0.4) is 0 Å². The number of carbonyl (C=O) groups excluding carboxylic acids is 2. The van der Waals surface area contributed by atoms with Crippen LogP contribution in [0.1, 0.15) is 47.4 Å². The summed E-state index contributed by atoms with van der Waals surface area (Å²) in [5.74, 6) is 1.04. The Labute approximate surface area is 211 Å². The molecule has 2 N–H and O–H groups in total. The van der Waals surface area contributed by atoms with E-state index in [9.17, 15) is 9.59 Å². The first kappa shape index (κ1) is 24.8. The second kappa shape index (κ2) is 11.9. The summed E-state index contributed by atoms with van der Waals surface area (Å²) >= 11 is 0. The zero-order chi connectivity index (χ0) is 25.3. The van der Waals surface area contributed by atoms with Crippen LogP contribution in [0.5, 0.6) is 11.5 Å². The summed E-state index contributed by atoms with van der Waals surface area (Å²) in [5.41, 5.74) is 2.40. The van der Waals surface area contributed by atoms with Crippen molar-refractivity contribution in [2.45, 2.75) is 26.7 Å². The van der Waals surface area contributed by atoms with Crippen LogP contribution in [0, 0.1) is 0 Å². The SMILES string of the molecule is CCCOc1ccc(C(=O)Nc2cccc3c(NC(=O)c4ccc(OCCC)cc4)cccc23)cc1. The maximum Gasteiger partial charge on any atom is 0.255 e. The first-order chi connectivity index (χ1) is 17.6. The van der Waals surface area contributed by atoms with Gasteiger partial charge in [-0.05, 0) is 73.5 Å². The molecule has 0 bridgehead atoms. The number of benzene rings is 4. The van der Waals surface area contributed by atoms with Gasteiger partial charge in [0.15, 0.2) is 0 Å². The molecule has 0 aliphatic carbocycles. The van der Waals surface area contributed by atoms with E-state index in [1.807, 2.05) is 50.2 Å². The van der Waals surface area contributed by atoms with Crippen molar-refractivity contribution in [2.75, 3.05) is 23.8 Å². The summed E-state index contributed by atoms with van der Waals surface area (Å²) in [6, 6.07) is 25.4. The minimum Gasteiger partial charge on any atom is -0.494 e. The van der Waals surface area contributed by atoms with Gasteiger partial charge in [0.1, 0.15) is 11.5 Å². The third kappa shape index (κ3) is 6.02. The predicted octanol–water partition coefficient (Wildman–Crippen LogP) is 6.92. The van der Waals surface area contributed by atoms with Crippen molar-refractivity contribution in [3.8, 4) is 11.5 Å². The molecule has 0 atom stereocenters.